The molecule has 2 rings (SSSR count). The van der Waals surface area contributed by atoms with E-state index in [1.807, 2.05) is 11.8 Å². The van der Waals surface area contributed by atoms with Crippen molar-refractivity contribution in [3.8, 4) is 0 Å². The molecule has 4 nitrogen and oxygen atoms in total. The average Bonchev–Trinajstić information content (AvgIpc) is 3.34. The fourth-order valence-electron chi connectivity index (χ4n) is 3.16. The van der Waals surface area contributed by atoms with Crippen molar-refractivity contribution in [1.29, 1.82) is 0 Å². The first-order chi connectivity index (χ1) is 13.5. The van der Waals surface area contributed by atoms with E-state index >= 15 is 0 Å². The van der Waals surface area contributed by atoms with Gasteiger partial charge in [0.1, 0.15) is 11.6 Å². The van der Waals surface area contributed by atoms with E-state index in [2.05, 4.69) is 31.4 Å². The van der Waals surface area contributed by atoms with Crippen LogP contribution in [0.15, 0.2) is 18.2 Å². The highest BCUT2D eigenvalue weighted by atomic mass is 32.2. The van der Waals surface area contributed by atoms with Crippen molar-refractivity contribution in [3.05, 3.63) is 35.4 Å². The lowest BCUT2D eigenvalue weighted by molar-refractivity contribution is -0.120. The van der Waals surface area contributed by atoms with Crippen molar-refractivity contribution in [2.75, 3.05) is 18.1 Å². The molecule has 1 aliphatic carbocycles. The van der Waals surface area contributed by atoms with Crippen LogP contribution >= 0.6 is 11.8 Å². The standard InChI is InChI=1S/C22H34F2N2O2S/c1-15(27)26-19(11-16-9-17(23)12-18(24)10-16)20(28)13-25-22(5-6-22)14-29-8-7-21(2,3)4/h9-10,12,19-20,25,28H,5-8,11,13-14H2,1-4H3,(H,26,27). The van der Waals surface area contributed by atoms with Gasteiger partial charge in [0, 0.05) is 30.8 Å². The molecule has 164 valence electrons. The van der Waals surface area contributed by atoms with Crippen LogP contribution in [0.4, 0.5) is 8.78 Å². The Balaban J connectivity index is 1.87. The largest absolute Gasteiger partial charge is 0.390 e. The number of aliphatic hydroxyl groups is 1. The Morgan fingerprint density at radius 2 is 1.86 bits per heavy atom. The number of hydrogen-bond acceptors (Lipinski definition) is 4. The van der Waals surface area contributed by atoms with Gasteiger partial charge in [0.15, 0.2) is 0 Å². The predicted octanol–water partition coefficient (Wildman–Crippen LogP) is 3.66. The maximum Gasteiger partial charge on any atom is 0.217 e. The molecule has 2 unspecified atom stereocenters. The third-order valence-electron chi connectivity index (χ3n) is 5.15. The fourth-order valence-corrected chi connectivity index (χ4v) is 4.84. The third kappa shape index (κ3) is 9.01. The molecular weight excluding hydrogens is 394 g/mol. The first kappa shape index (κ1) is 24.1. The lowest BCUT2D eigenvalue weighted by atomic mass is 9.94. The zero-order chi connectivity index (χ0) is 21.7. The highest BCUT2D eigenvalue weighted by Crippen LogP contribution is 2.39. The molecule has 29 heavy (non-hydrogen) atoms. The van der Waals surface area contributed by atoms with Crippen molar-refractivity contribution in [2.24, 2.45) is 5.41 Å². The second-order valence-corrected chi connectivity index (χ2v) is 10.5. The topological polar surface area (TPSA) is 61.4 Å². The van der Waals surface area contributed by atoms with Gasteiger partial charge in [-0.05, 0) is 54.5 Å². The van der Waals surface area contributed by atoms with E-state index in [0.717, 1.165) is 36.8 Å². The number of thioether (sulfide) groups is 1. The number of hydrogen-bond donors (Lipinski definition) is 3. The Morgan fingerprint density at radius 1 is 1.24 bits per heavy atom. The highest BCUT2D eigenvalue weighted by molar-refractivity contribution is 7.99. The van der Waals surface area contributed by atoms with Crippen LogP contribution in [0, 0.1) is 17.0 Å². The van der Waals surface area contributed by atoms with Gasteiger partial charge >= 0.3 is 0 Å². The van der Waals surface area contributed by atoms with E-state index in [1.54, 1.807) is 0 Å². The first-order valence-corrected chi connectivity index (χ1v) is 11.4. The molecule has 1 aliphatic rings. The zero-order valence-electron chi connectivity index (χ0n) is 17.9. The molecule has 7 heteroatoms. The van der Waals surface area contributed by atoms with Gasteiger partial charge in [-0.15, -0.1) is 0 Å². The summed E-state index contributed by atoms with van der Waals surface area (Å²) in [5, 5.41) is 16.8. The molecule has 0 heterocycles. The summed E-state index contributed by atoms with van der Waals surface area (Å²) in [6.07, 6.45) is 2.60. The molecule has 2 atom stereocenters. The normalized spacial score (nSPS) is 17.6. The monoisotopic (exact) mass is 428 g/mol. The molecule has 1 saturated carbocycles. The minimum absolute atomic E-state index is 0.0509. The molecular formula is C22H34F2N2O2S. The van der Waals surface area contributed by atoms with Crippen molar-refractivity contribution in [1.82, 2.24) is 10.6 Å². The maximum absolute atomic E-state index is 13.5. The number of carbonyl (C=O) groups is 1. The number of halogens is 2. The number of amides is 1. The molecule has 1 amide bonds. The van der Waals surface area contributed by atoms with Gasteiger partial charge in [0.05, 0.1) is 12.1 Å². The van der Waals surface area contributed by atoms with Crippen LogP contribution in [-0.2, 0) is 11.2 Å². The molecule has 0 radical (unpaired) electrons. The predicted molar refractivity (Wildman–Crippen MR) is 115 cm³/mol. The number of carbonyl (C=O) groups excluding carboxylic acids is 1. The van der Waals surface area contributed by atoms with Crippen LogP contribution in [-0.4, -0.2) is 46.7 Å². The Labute approximate surface area is 177 Å². The van der Waals surface area contributed by atoms with E-state index in [1.165, 1.54) is 19.1 Å². The lowest BCUT2D eigenvalue weighted by Crippen LogP contribution is -2.50. The van der Waals surface area contributed by atoms with Crippen LogP contribution in [0.5, 0.6) is 0 Å². The molecule has 0 aromatic heterocycles. The quantitative estimate of drug-likeness (QED) is 0.471. The molecule has 0 spiro atoms. The van der Waals surface area contributed by atoms with Crippen molar-refractivity contribution < 1.29 is 18.7 Å². The Bertz CT molecular complexity index is 670. The summed E-state index contributed by atoms with van der Waals surface area (Å²) in [7, 11) is 0. The summed E-state index contributed by atoms with van der Waals surface area (Å²) >= 11 is 1.93. The minimum atomic E-state index is -0.859. The van der Waals surface area contributed by atoms with Crippen molar-refractivity contribution in [3.63, 3.8) is 0 Å². The van der Waals surface area contributed by atoms with E-state index in [0.29, 0.717) is 17.5 Å². The molecule has 0 aliphatic heterocycles. The SMILES string of the molecule is CC(=O)NC(Cc1cc(F)cc(F)c1)C(O)CNC1(CSCCC(C)(C)C)CC1. The van der Waals surface area contributed by atoms with Gasteiger partial charge < -0.3 is 15.7 Å². The second-order valence-electron chi connectivity index (χ2n) is 9.38. The molecule has 1 fully saturated rings. The van der Waals surface area contributed by atoms with Crippen LogP contribution in [0.3, 0.4) is 0 Å². The number of nitrogens with one attached hydrogen (secondary N) is 2. The van der Waals surface area contributed by atoms with Gasteiger partial charge in [-0.2, -0.15) is 11.8 Å². The molecule has 1 aromatic carbocycles. The summed E-state index contributed by atoms with van der Waals surface area (Å²) in [4.78, 5) is 11.6. The van der Waals surface area contributed by atoms with Gasteiger partial charge in [0.2, 0.25) is 5.91 Å². The highest BCUT2D eigenvalue weighted by Gasteiger charge is 2.42. The molecule has 0 saturated heterocycles. The second kappa shape index (κ2) is 10.2. The maximum atomic E-state index is 13.5. The minimum Gasteiger partial charge on any atom is -0.390 e. The van der Waals surface area contributed by atoms with Gasteiger partial charge in [-0.3, -0.25) is 4.79 Å². The van der Waals surface area contributed by atoms with Crippen LogP contribution in [0.25, 0.3) is 0 Å². The summed E-state index contributed by atoms with van der Waals surface area (Å²) < 4.78 is 26.9. The number of β-amino-alcohol motifs (C(OH)–C–C–N with tert-alkyl or cyclic N) is 1. The Morgan fingerprint density at radius 3 is 2.38 bits per heavy atom. The van der Waals surface area contributed by atoms with E-state index in [-0.39, 0.29) is 17.9 Å². The van der Waals surface area contributed by atoms with Crippen LogP contribution < -0.4 is 10.6 Å². The fraction of sp³-hybridized carbons (Fsp3) is 0.682. The van der Waals surface area contributed by atoms with Gasteiger partial charge in [-0.25, -0.2) is 8.78 Å². The van der Waals surface area contributed by atoms with Crippen molar-refractivity contribution >= 4 is 17.7 Å². The summed E-state index contributed by atoms with van der Waals surface area (Å²) in [6.45, 7) is 8.40. The average molecular weight is 429 g/mol. The number of benzene rings is 1. The van der Waals surface area contributed by atoms with E-state index in [4.69, 9.17) is 0 Å². The molecule has 3 N–H and O–H groups in total. The molecule has 0 bridgehead atoms. The van der Waals surface area contributed by atoms with Crippen molar-refractivity contribution in [2.45, 2.75) is 71.1 Å². The number of aliphatic hydroxyl groups excluding tert-OH is 1. The van der Waals surface area contributed by atoms with Crippen LogP contribution in [0.2, 0.25) is 0 Å². The summed E-state index contributed by atoms with van der Waals surface area (Å²) in [5.41, 5.74) is 0.782. The Hall–Kier alpha value is -1.18. The third-order valence-corrected chi connectivity index (χ3v) is 6.40. The lowest BCUT2D eigenvalue weighted by Gasteiger charge is -2.27. The molecule has 1 aromatic rings. The van der Waals surface area contributed by atoms with E-state index < -0.39 is 23.8 Å². The first-order valence-electron chi connectivity index (χ1n) is 10.2. The summed E-state index contributed by atoms with van der Waals surface area (Å²) in [6, 6.07) is 2.65. The zero-order valence-corrected chi connectivity index (χ0v) is 18.7. The smallest absolute Gasteiger partial charge is 0.217 e. The van der Waals surface area contributed by atoms with Gasteiger partial charge in [0.25, 0.3) is 0 Å². The van der Waals surface area contributed by atoms with Gasteiger partial charge in [-0.1, -0.05) is 20.8 Å². The summed E-state index contributed by atoms with van der Waals surface area (Å²) in [5.74, 6) is 0.479. The van der Waals surface area contributed by atoms with Crippen LogP contribution in [0.1, 0.15) is 52.5 Å². The number of rotatable bonds is 11. The van der Waals surface area contributed by atoms with E-state index in [9.17, 15) is 18.7 Å². The Kier molecular flexibility index (Phi) is 8.49.